The fourth-order valence-electron chi connectivity index (χ4n) is 1.83. The number of nitrogens with one attached hydrogen (secondary N) is 2. The van der Waals surface area contributed by atoms with Gasteiger partial charge < -0.3 is 15.5 Å². The number of nitriles is 1. The largest absolute Gasteiger partial charge is 0.456 e. The Kier molecular flexibility index (Phi) is 4.49. The lowest BCUT2D eigenvalue weighted by Crippen LogP contribution is -2.08. The number of nitrogens with zero attached hydrogens (tertiary/aromatic N) is 1. The average Bonchev–Trinajstić information content (AvgIpc) is 2.49. The van der Waals surface area contributed by atoms with Gasteiger partial charge in [-0.1, -0.05) is 0 Å². The quantitative estimate of drug-likeness (QED) is 0.847. The Morgan fingerprint density at radius 2 is 2.14 bits per heavy atom. The average molecular weight is 297 g/mol. The number of hydrogen-bond acceptors (Lipinski definition) is 4. The van der Waals surface area contributed by atoms with Crippen LogP contribution in [0.1, 0.15) is 18.1 Å². The molecule has 0 heterocycles. The summed E-state index contributed by atoms with van der Waals surface area (Å²) in [7, 11) is 0. The number of rotatable bonds is 4. The van der Waals surface area contributed by atoms with Crippen molar-refractivity contribution in [2.75, 3.05) is 5.32 Å². The zero-order chi connectivity index (χ0) is 16.1. The van der Waals surface area contributed by atoms with Gasteiger partial charge >= 0.3 is 0 Å². The van der Waals surface area contributed by atoms with Crippen molar-refractivity contribution < 1.29 is 13.9 Å². The molecular weight excluding hydrogens is 285 g/mol. The van der Waals surface area contributed by atoms with Gasteiger partial charge in [0.05, 0.1) is 5.56 Å². The first-order valence-electron chi connectivity index (χ1n) is 6.33. The highest BCUT2D eigenvalue weighted by Gasteiger charge is 2.09. The monoisotopic (exact) mass is 297 g/mol. The Morgan fingerprint density at radius 3 is 2.77 bits per heavy atom. The molecule has 2 rings (SSSR count). The summed E-state index contributed by atoms with van der Waals surface area (Å²) in [4.78, 5) is 11.1. The van der Waals surface area contributed by atoms with E-state index in [1.54, 1.807) is 18.2 Å². The van der Waals surface area contributed by atoms with Crippen LogP contribution in [0, 0.1) is 22.6 Å². The van der Waals surface area contributed by atoms with E-state index in [9.17, 15) is 9.18 Å². The molecule has 6 heteroatoms. The minimum atomic E-state index is -0.523. The highest BCUT2D eigenvalue weighted by Crippen LogP contribution is 2.28. The van der Waals surface area contributed by atoms with Crippen molar-refractivity contribution in [3.05, 3.63) is 53.3 Å². The number of carbonyl (C=O) groups excluding carboxylic acids is 1. The summed E-state index contributed by atoms with van der Waals surface area (Å²) in [6, 6.07) is 10.2. The molecule has 22 heavy (non-hydrogen) atoms. The summed E-state index contributed by atoms with van der Waals surface area (Å²) >= 11 is 0. The van der Waals surface area contributed by atoms with E-state index in [0.29, 0.717) is 17.0 Å². The molecule has 0 aliphatic rings. The van der Waals surface area contributed by atoms with Crippen LogP contribution >= 0.6 is 0 Å². The van der Waals surface area contributed by atoms with Crippen LogP contribution in [0.2, 0.25) is 0 Å². The van der Waals surface area contributed by atoms with Gasteiger partial charge in [0.2, 0.25) is 5.91 Å². The van der Waals surface area contributed by atoms with Crippen molar-refractivity contribution in [3.63, 3.8) is 0 Å². The third-order valence-electron chi connectivity index (χ3n) is 2.78. The molecule has 0 aromatic heterocycles. The molecule has 2 N–H and O–H groups in total. The zero-order valence-electron chi connectivity index (χ0n) is 11.7. The molecule has 0 unspecified atom stereocenters. The van der Waals surface area contributed by atoms with E-state index in [1.807, 2.05) is 6.07 Å². The number of halogens is 1. The maximum atomic E-state index is 13.1. The van der Waals surface area contributed by atoms with Gasteiger partial charge in [0.15, 0.2) is 0 Å². The Morgan fingerprint density at radius 1 is 1.36 bits per heavy atom. The SMILES string of the molecule is CC(=O)Nc1ccc(Oc2ccc(F)cc2C#N)cc1C=N. The van der Waals surface area contributed by atoms with Crippen molar-refractivity contribution >= 4 is 17.8 Å². The number of carbonyl (C=O) groups is 1. The molecule has 0 aliphatic carbocycles. The van der Waals surface area contributed by atoms with Crippen LogP contribution in [0.25, 0.3) is 0 Å². The van der Waals surface area contributed by atoms with Gasteiger partial charge in [-0.05, 0) is 36.4 Å². The zero-order valence-corrected chi connectivity index (χ0v) is 11.7. The number of benzene rings is 2. The van der Waals surface area contributed by atoms with Gasteiger partial charge in [-0.25, -0.2) is 4.39 Å². The smallest absolute Gasteiger partial charge is 0.221 e. The molecule has 0 aliphatic heterocycles. The lowest BCUT2D eigenvalue weighted by Gasteiger charge is -2.11. The minimum absolute atomic E-state index is 0.0716. The number of ether oxygens (including phenoxy) is 1. The van der Waals surface area contributed by atoms with E-state index in [2.05, 4.69) is 5.32 Å². The predicted octanol–water partition coefficient (Wildman–Crippen LogP) is 3.45. The molecule has 2 aromatic rings. The highest BCUT2D eigenvalue weighted by molar-refractivity contribution is 5.96. The van der Waals surface area contributed by atoms with Gasteiger partial charge in [-0.15, -0.1) is 0 Å². The summed E-state index contributed by atoms with van der Waals surface area (Å²) in [6.07, 6.45) is 1.08. The molecule has 0 atom stereocenters. The predicted molar refractivity (Wildman–Crippen MR) is 79.8 cm³/mol. The summed E-state index contributed by atoms with van der Waals surface area (Å²) in [5.41, 5.74) is 1.00. The van der Waals surface area contributed by atoms with E-state index in [4.69, 9.17) is 15.4 Å². The molecule has 0 spiro atoms. The van der Waals surface area contributed by atoms with Crippen LogP contribution in [-0.2, 0) is 4.79 Å². The van der Waals surface area contributed by atoms with Gasteiger partial charge in [0.25, 0.3) is 0 Å². The third kappa shape index (κ3) is 3.46. The Bertz CT molecular complexity index is 781. The third-order valence-corrected chi connectivity index (χ3v) is 2.78. The lowest BCUT2D eigenvalue weighted by molar-refractivity contribution is -0.114. The van der Waals surface area contributed by atoms with E-state index in [1.165, 1.54) is 19.1 Å². The van der Waals surface area contributed by atoms with Crippen LogP contribution in [0.5, 0.6) is 11.5 Å². The van der Waals surface area contributed by atoms with Gasteiger partial charge in [-0.3, -0.25) is 4.79 Å². The first kappa shape index (κ1) is 15.2. The van der Waals surface area contributed by atoms with E-state index in [-0.39, 0.29) is 17.2 Å². The van der Waals surface area contributed by atoms with Crippen LogP contribution in [0.4, 0.5) is 10.1 Å². The van der Waals surface area contributed by atoms with E-state index < -0.39 is 5.82 Å². The summed E-state index contributed by atoms with van der Waals surface area (Å²) in [5.74, 6) is -0.185. The standard InChI is InChI=1S/C16H12FN3O2/c1-10(21)20-15-4-3-14(7-11(15)8-18)22-16-5-2-13(17)6-12(16)9-19/h2-8,18H,1H3,(H,20,21). The maximum absolute atomic E-state index is 13.1. The fraction of sp³-hybridized carbons (Fsp3) is 0.0625. The second kappa shape index (κ2) is 6.50. The molecule has 0 saturated heterocycles. The van der Waals surface area contributed by atoms with Crippen molar-refractivity contribution in [1.29, 1.82) is 10.7 Å². The summed E-state index contributed by atoms with van der Waals surface area (Å²) < 4.78 is 18.6. The second-order valence-corrected chi connectivity index (χ2v) is 4.43. The first-order valence-corrected chi connectivity index (χ1v) is 6.33. The normalized spacial score (nSPS) is 9.68. The Hall–Kier alpha value is -3.20. The lowest BCUT2D eigenvalue weighted by atomic mass is 10.1. The van der Waals surface area contributed by atoms with Crippen LogP contribution in [0.15, 0.2) is 36.4 Å². The van der Waals surface area contributed by atoms with Crippen molar-refractivity contribution in [3.8, 4) is 17.6 Å². The van der Waals surface area contributed by atoms with Gasteiger partial charge in [0.1, 0.15) is 23.4 Å². The molecule has 0 fully saturated rings. The molecule has 0 radical (unpaired) electrons. The van der Waals surface area contributed by atoms with Crippen molar-refractivity contribution in [2.24, 2.45) is 0 Å². The first-order chi connectivity index (χ1) is 10.5. The topological polar surface area (TPSA) is 86.0 Å². The molecule has 5 nitrogen and oxygen atoms in total. The summed E-state index contributed by atoms with van der Waals surface area (Å²) in [6.45, 7) is 1.37. The van der Waals surface area contributed by atoms with Crippen molar-refractivity contribution in [2.45, 2.75) is 6.92 Å². The van der Waals surface area contributed by atoms with E-state index in [0.717, 1.165) is 12.3 Å². The molecule has 2 aromatic carbocycles. The molecule has 0 saturated carbocycles. The maximum Gasteiger partial charge on any atom is 0.221 e. The van der Waals surface area contributed by atoms with Crippen molar-refractivity contribution in [1.82, 2.24) is 0 Å². The Labute approximate surface area is 126 Å². The number of anilines is 1. The van der Waals surface area contributed by atoms with Crippen LogP contribution in [-0.4, -0.2) is 12.1 Å². The van der Waals surface area contributed by atoms with Crippen LogP contribution in [0.3, 0.4) is 0 Å². The molecular formula is C16H12FN3O2. The number of hydrogen-bond donors (Lipinski definition) is 2. The van der Waals surface area contributed by atoms with E-state index >= 15 is 0 Å². The molecule has 1 amide bonds. The second-order valence-electron chi connectivity index (χ2n) is 4.43. The minimum Gasteiger partial charge on any atom is -0.456 e. The molecule has 110 valence electrons. The summed E-state index contributed by atoms with van der Waals surface area (Å²) in [5, 5.41) is 19.0. The van der Waals surface area contributed by atoms with Gasteiger partial charge in [0, 0.05) is 24.4 Å². The van der Waals surface area contributed by atoms with Gasteiger partial charge in [-0.2, -0.15) is 5.26 Å². The Balaban J connectivity index is 2.33. The fourth-order valence-corrected chi connectivity index (χ4v) is 1.83. The molecule has 0 bridgehead atoms. The highest BCUT2D eigenvalue weighted by atomic mass is 19.1. The van der Waals surface area contributed by atoms with Crippen LogP contribution < -0.4 is 10.1 Å². The number of amides is 1.